The summed E-state index contributed by atoms with van der Waals surface area (Å²) in [6.07, 6.45) is 3.16. The molecule has 1 aromatic carbocycles. The number of hydrogen-bond donors (Lipinski definition) is 1. The van der Waals surface area contributed by atoms with Crippen LogP contribution in [-0.2, 0) is 6.54 Å². The lowest BCUT2D eigenvalue weighted by molar-refractivity contribution is 0.340. The summed E-state index contributed by atoms with van der Waals surface area (Å²) in [7, 11) is 0. The molecule has 0 heterocycles. The van der Waals surface area contributed by atoms with E-state index in [-0.39, 0.29) is 5.41 Å². The second kappa shape index (κ2) is 8.60. The van der Waals surface area contributed by atoms with Gasteiger partial charge in [-0.25, -0.2) is 0 Å². The molecule has 110 valence electrons. The molecule has 0 atom stereocenters. The summed E-state index contributed by atoms with van der Waals surface area (Å²) in [5.41, 5.74) is 1.06. The minimum absolute atomic E-state index is 0.189. The van der Waals surface area contributed by atoms with Crippen molar-refractivity contribution in [3.05, 3.63) is 29.8 Å². The van der Waals surface area contributed by atoms with Gasteiger partial charge in [0.25, 0.3) is 0 Å². The van der Waals surface area contributed by atoms with Crippen molar-refractivity contribution in [1.29, 1.82) is 5.26 Å². The van der Waals surface area contributed by atoms with Crippen molar-refractivity contribution in [1.82, 2.24) is 5.32 Å². The van der Waals surface area contributed by atoms with Crippen LogP contribution in [0.1, 0.15) is 45.6 Å². The van der Waals surface area contributed by atoms with Crippen LogP contribution in [0, 0.1) is 16.7 Å². The maximum atomic E-state index is 8.94. The summed E-state index contributed by atoms with van der Waals surface area (Å²) < 4.78 is 5.48. The van der Waals surface area contributed by atoms with E-state index < -0.39 is 0 Å². The highest BCUT2D eigenvalue weighted by molar-refractivity contribution is 5.28. The van der Waals surface area contributed by atoms with E-state index in [1.54, 1.807) is 0 Å². The molecular formula is C17H26N2O. The van der Waals surface area contributed by atoms with Gasteiger partial charge in [0.15, 0.2) is 0 Å². The van der Waals surface area contributed by atoms with Crippen molar-refractivity contribution in [3.63, 3.8) is 0 Å². The second-order valence-electron chi connectivity index (χ2n) is 5.71. The third-order valence-corrected chi connectivity index (χ3v) is 3.25. The summed E-state index contributed by atoms with van der Waals surface area (Å²) in [6.45, 7) is 8.54. The lowest BCUT2D eigenvalue weighted by atomic mass is 9.89. The third kappa shape index (κ3) is 6.58. The Morgan fingerprint density at radius 2 is 2.10 bits per heavy atom. The molecule has 0 aliphatic carbocycles. The Hall–Kier alpha value is -1.53. The third-order valence-electron chi connectivity index (χ3n) is 3.25. The van der Waals surface area contributed by atoms with Gasteiger partial charge in [-0.3, -0.25) is 0 Å². The molecule has 0 radical (unpaired) electrons. The number of rotatable bonds is 9. The molecule has 1 aromatic rings. The molecule has 0 fully saturated rings. The minimum atomic E-state index is -0.189. The van der Waals surface area contributed by atoms with Crippen LogP contribution in [0.15, 0.2) is 24.3 Å². The summed E-state index contributed by atoms with van der Waals surface area (Å²) >= 11 is 0. The van der Waals surface area contributed by atoms with Crippen LogP contribution in [0.3, 0.4) is 0 Å². The molecule has 0 saturated carbocycles. The molecule has 3 nitrogen and oxygen atoms in total. The highest BCUT2D eigenvalue weighted by Gasteiger charge is 2.15. The van der Waals surface area contributed by atoms with Crippen molar-refractivity contribution in [3.8, 4) is 11.8 Å². The predicted octanol–water partition coefficient (Wildman–Crippen LogP) is 3.89. The van der Waals surface area contributed by atoms with Crippen LogP contribution >= 0.6 is 0 Å². The summed E-state index contributed by atoms with van der Waals surface area (Å²) in [5, 5.41) is 12.4. The molecule has 0 aromatic heterocycles. The van der Waals surface area contributed by atoms with Gasteiger partial charge in [-0.2, -0.15) is 5.26 Å². The smallest absolute Gasteiger partial charge is 0.119 e. The highest BCUT2D eigenvalue weighted by atomic mass is 16.5. The summed E-state index contributed by atoms with van der Waals surface area (Å²) in [4.78, 5) is 0. The van der Waals surface area contributed by atoms with E-state index in [4.69, 9.17) is 10.00 Å². The maximum Gasteiger partial charge on any atom is 0.119 e. The number of unbranched alkanes of at least 4 members (excludes halogenated alkanes) is 1. The van der Waals surface area contributed by atoms with E-state index in [1.807, 2.05) is 32.9 Å². The quantitative estimate of drug-likeness (QED) is 0.695. The van der Waals surface area contributed by atoms with Crippen LogP contribution in [0.5, 0.6) is 5.75 Å². The molecular weight excluding hydrogens is 248 g/mol. The van der Waals surface area contributed by atoms with Gasteiger partial charge in [0.1, 0.15) is 5.75 Å². The largest absolute Gasteiger partial charge is 0.494 e. The number of benzene rings is 1. The van der Waals surface area contributed by atoms with Gasteiger partial charge in [0.2, 0.25) is 0 Å². The van der Waals surface area contributed by atoms with Crippen molar-refractivity contribution >= 4 is 0 Å². The standard InChI is InChI=1S/C17H26N2O/c1-4-20-16-9-7-8-15(12-16)13-19-11-6-5-10-17(2,3)14-18/h7-9,12,19H,4-6,10-11,13H2,1-3H3. The first-order valence-electron chi connectivity index (χ1n) is 7.41. The Kier molecular flexibility index (Phi) is 7.11. The summed E-state index contributed by atoms with van der Waals surface area (Å²) in [5.74, 6) is 0.933. The second-order valence-corrected chi connectivity index (χ2v) is 5.71. The van der Waals surface area contributed by atoms with Gasteiger partial charge in [-0.15, -0.1) is 0 Å². The van der Waals surface area contributed by atoms with E-state index in [9.17, 15) is 0 Å². The van der Waals surface area contributed by atoms with Crippen LogP contribution in [0.2, 0.25) is 0 Å². The van der Waals surface area contributed by atoms with Crippen LogP contribution in [0.4, 0.5) is 0 Å². The molecule has 1 rings (SSSR count). The fourth-order valence-corrected chi connectivity index (χ4v) is 2.02. The molecule has 0 bridgehead atoms. The van der Waals surface area contributed by atoms with Crippen LogP contribution < -0.4 is 10.1 Å². The monoisotopic (exact) mass is 274 g/mol. The van der Waals surface area contributed by atoms with E-state index >= 15 is 0 Å². The number of nitrogens with zero attached hydrogens (tertiary/aromatic N) is 1. The number of nitrogens with one attached hydrogen (secondary N) is 1. The normalized spacial score (nSPS) is 11.1. The van der Waals surface area contributed by atoms with E-state index in [1.165, 1.54) is 5.56 Å². The molecule has 0 aliphatic heterocycles. The Morgan fingerprint density at radius 3 is 2.80 bits per heavy atom. The van der Waals surface area contributed by atoms with E-state index in [2.05, 4.69) is 23.5 Å². The lowest BCUT2D eigenvalue weighted by Gasteiger charge is -2.14. The molecule has 0 amide bonds. The van der Waals surface area contributed by atoms with Gasteiger partial charge in [0, 0.05) is 6.54 Å². The zero-order valence-electron chi connectivity index (χ0n) is 12.9. The first-order valence-corrected chi connectivity index (χ1v) is 7.41. The van der Waals surface area contributed by atoms with Crippen LogP contribution in [0.25, 0.3) is 0 Å². The fraction of sp³-hybridized carbons (Fsp3) is 0.588. The highest BCUT2D eigenvalue weighted by Crippen LogP contribution is 2.21. The lowest BCUT2D eigenvalue weighted by Crippen LogP contribution is -2.16. The predicted molar refractivity (Wildman–Crippen MR) is 82.6 cm³/mol. The molecule has 3 heteroatoms. The number of ether oxygens (including phenoxy) is 1. The van der Waals surface area contributed by atoms with Crippen molar-refractivity contribution in [2.45, 2.75) is 46.6 Å². The topological polar surface area (TPSA) is 45.0 Å². The van der Waals surface area contributed by atoms with Gasteiger partial charge < -0.3 is 10.1 Å². The first kappa shape index (κ1) is 16.5. The molecule has 1 N–H and O–H groups in total. The van der Waals surface area contributed by atoms with Crippen molar-refractivity contribution in [2.24, 2.45) is 5.41 Å². The Bertz CT molecular complexity index is 435. The van der Waals surface area contributed by atoms with Crippen LogP contribution in [-0.4, -0.2) is 13.2 Å². The average molecular weight is 274 g/mol. The molecule has 0 saturated heterocycles. The molecule has 0 spiro atoms. The number of nitriles is 1. The Balaban J connectivity index is 2.18. The Morgan fingerprint density at radius 1 is 1.30 bits per heavy atom. The SMILES string of the molecule is CCOc1cccc(CNCCCCC(C)(C)C#N)c1. The van der Waals surface area contributed by atoms with Gasteiger partial charge >= 0.3 is 0 Å². The fourth-order valence-electron chi connectivity index (χ4n) is 2.02. The number of hydrogen-bond acceptors (Lipinski definition) is 3. The molecule has 0 unspecified atom stereocenters. The van der Waals surface area contributed by atoms with E-state index in [0.717, 1.165) is 38.1 Å². The first-order chi connectivity index (χ1) is 9.57. The van der Waals surface area contributed by atoms with E-state index in [0.29, 0.717) is 6.61 Å². The van der Waals surface area contributed by atoms with Gasteiger partial charge in [0.05, 0.1) is 18.1 Å². The minimum Gasteiger partial charge on any atom is -0.494 e. The maximum absolute atomic E-state index is 8.94. The zero-order valence-corrected chi connectivity index (χ0v) is 12.9. The Labute approximate surface area is 123 Å². The van der Waals surface area contributed by atoms with Gasteiger partial charge in [-0.05, 0) is 57.9 Å². The summed E-state index contributed by atoms with van der Waals surface area (Å²) in [6, 6.07) is 10.5. The zero-order chi connectivity index (χ0) is 14.8. The molecule has 0 aliphatic rings. The average Bonchev–Trinajstić information content (AvgIpc) is 2.43. The molecule has 20 heavy (non-hydrogen) atoms. The van der Waals surface area contributed by atoms with Crippen molar-refractivity contribution < 1.29 is 4.74 Å². The van der Waals surface area contributed by atoms with Gasteiger partial charge in [-0.1, -0.05) is 18.6 Å². The van der Waals surface area contributed by atoms with Crippen molar-refractivity contribution in [2.75, 3.05) is 13.2 Å².